The van der Waals surface area contributed by atoms with Gasteiger partial charge in [-0.3, -0.25) is 4.98 Å². The van der Waals surface area contributed by atoms with Crippen molar-refractivity contribution in [1.29, 1.82) is 0 Å². The minimum Gasteiger partial charge on any atom is -0.480 e. The molecule has 0 spiro atoms. The van der Waals surface area contributed by atoms with Crippen LogP contribution in [0.5, 0.6) is 11.8 Å². The zero-order valence-electron chi connectivity index (χ0n) is 7.27. The number of rotatable bonds is 2. The zero-order valence-corrected chi connectivity index (χ0v) is 7.27. The highest BCUT2D eigenvalue weighted by atomic mass is 16.6. The van der Waals surface area contributed by atoms with E-state index < -0.39 is 6.09 Å². The third kappa shape index (κ3) is 2.58. The van der Waals surface area contributed by atoms with Gasteiger partial charge in [0.25, 0.3) is 0 Å². The van der Waals surface area contributed by atoms with Gasteiger partial charge in [0.2, 0.25) is 11.8 Å². The summed E-state index contributed by atoms with van der Waals surface area (Å²) in [6.07, 6.45) is 2.14. The van der Waals surface area contributed by atoms with Gasteiger partial charge >= 0.3 is 6.09 Å². The lowest BCUT2D eigenvalue weighted by Crippen LogP contribution is -2.22. The normalized spacial score (nSPS) is 9.08. The van der Waals surface area contributed by atoms with Crippen LogP contribution in [-0.2, 0) is 0 Å². The SMILES string of the molecule is CNC(=O)Oc1cncc(OC)n1. The topological polar surface area (TPSA) is 73.3 Å². The standard InChI is InChI=1S/C7H9N3O3/c1-8-7(11)13-6-4-9-3-5(10-6)12-2/h3-4H,1-2H3,(H,8,11). The van der Waals surface area contributed by atoms with Crippen LogP contribution < -0.4 is 14.8 Å². The number of carbonyl (C=O) groups is 1. The van der Waals surface area contributed by atoms with E-state index in [0.29, 0.717) is 5.88 Å². The summed E-state index contributed by atoms with van der Waals surface area (Å²) in [5, 5.41) is 2.28. The van der Waals surface area contributed by atoms with E-state index in [1.54, 1.807) is 0 Å². The Morgan fingerprint density at radius 3 is 2.77 bits per heavy atom. The summed E-state index contributed by atoms with van der Waals surface area (Å²) >= 11 is 0. The summed E-state index contributed by atoms with van der Waals surface area (Å²) in [6, 6.07) is 0. The number of hydrogen-bond donors (Lipinski definition) is 1. The van der Waals surface area contributed by atoms with Crippen LogP contribution in [0.1, 0.15) is 0 Å². The molecule has 6 nitrogen and oxygen atoms in total. The molecule has 0 aromatic carbocycles. The number of methoxy groups -OCH3 is 1. The minimum atomic E-state index is -0.595. The average Bonchev–Trinajstić information content (AvgIpc) is 2.18. The van der Waals surface area contributed by atoms with Crippen molar-refractivity contribution < 1.29 is 14.3 Å². The Balaban J connectivity index is 2.71. The summed E-state index contributed by atoms with van der Waals surface area (Å²) in [5.74, 6) is 0.389. The molecule has 1 heterocycles. The van der Waals surface area contributed by atoms with Crippen LogP contribution >= 0.6 is 0 Å². The molecule has 0 radical (unpaired) electrons. The number of carbonyl (C=O) groups excluding carboxylic acids is 1. The fourth-order valence-electron chi connectivity index (χ4n) is 0.625. The Morgan fingerprint density at radius 1 is 1.46 bits per heavy atom. The molecule has 0 fully saturated rings. The van der Waals surface area contributed by atoms with Gasteiger partial charge in [0.15, 0.2) is 0 Å². The van der Waals surface area contributed by atoms with Crippen LogP contribution in [0.3, 0.4) is 0 Å². The zero-order chi connectivity index (χ0) is 9.68. The molecule has 0 saturated heterocycles. The van der Waals surface area contributed by atoms with Gasteiger partial charge in [-0.25, -0.2) is 4.79 Å². The molecule has 0 aliphatic heterocycles. The second kappa shape index (κ2) is 4.24. The smallest absolute Gasteiger partial charge is 0.413 e. The Kier molecular flexibility index (Phi) is 3.02. The first-order valence-corrected chi connectivity index (χ1v) is 3.52. The Labute approximate surface area is 74.9 Å². The molecule has 1 amide bonds. The van der Waals surface area contributed by atoms with E-state index >= 15 is 0 Å². The highest BCUT2D eigenvalue weighted by Gasteiger charge is 2.03. The van der Waals surface area contributed by atoms with Crippen LogP contribution in [0.2, 0.25) is 0 Å². The molecule has 1 N–H and O–H groups in total. The van der Waals surface area contributed by atoms with Crippen molar-refractivity contribution in [3.63, 3.8) is 0 Å². The van der Waals surface area contributed by atoms with Gasteiger partial charge < -0.3 is 14.8 Å². The molecule has 70 valence electrons. The van der Waals surface area contributed by atoms with Crippen molar-refractivity contribution in [3.8, 4) is 11.8 Å². The molecule has 0 atom stereocenters. The first-order valence-electron chi connectivity index (χ1n) is 3.52. The summed E-state index contributed by atoms with van der Waals surface area (Å²) in [5.41, 5.74) is 0. The summed E-state index contributed by atoms with van der Waals surface area (Å²) in [4.78, 5) is 18.3. The Bertz CT molecular complexity index is 303. The van der Waals surface area contributed by atoms with Crippen molar-refractivity contribution >= 4 is 6.09 Å². The van der Waals surface area contributed by atoms with Gasteiger partial charge in [0.05, 0.1) is 19.5 Å². The van der Waals surface area contributed by atoms with E-state index in [1.165, 1.54) is 26.6 Å². The molecule has 13 heavy (non-hydrogen) atoms. The average molecular weight is 183 g/mol. The van der Waals surface area contributed by atoms with E-state index in [2.05, 4.69) is 15.3 Å². The molecule has 1 aromatic heterocycles. The minimum absolute atomic E-state index is 0.0960. The largest absolute Gasteiger partial charge is 0.480 e. The molecule has 0 unspecified atom stereocenters. The maximum Gasteiger partial charge on any atom is 0.413 e. The third-order valence-electron chi connectivity index (χ3n) is 1.20. The lowest BCUT2D eigenvalue weighted by atomic mass is 10.7. The van der Waals surface area contributed by atoms with Gasteiger partial charge in [0.1, 0.15) is 0 Å². The maximum atomic E-state index is 10.7. The second-order valence-electron chi connectivity index (χ2n) is 2.04. The lowest BCUT2D eigenvalue weighted by molar-refractivity contribution is 0.200. The number of amides is 1. The number of ether oxygens (including phenoxy) is 2. The van der Waals surface area contributed by atoms with Crippen LogP contribution in [0.4, 0.5) is 4.79 Å². The highest BCUT2D eigenvalue weighted by Crippen LogP contribution is 2.09. The molecule has 1 aromatic rings. The number of aromatic nitrogens is 2. The van der Waals surface area contributed by atoms with E-state index in [0.717, 1.165) is 0 Å². The fraction of sp³-hybridized carbons (Fsp3) is 0.286. The van der Waals surface area contributed by atoms with Crippen molar-refractivity contribution in [2.24, 2.45) is 0 Å². The van der Waals surface area contributed by atoms with Gasteiger partial charge in [-0.1, -0.05) is 0 Å². The monoisotopic (exact) mass is 183 g/mol. The molecule has 6 heteroatoms. The van der Waals surface area contributed by atoms with E-state index in [9.17, 15) is 4.79 Å². The number of nitrogens with one attached hydrogen (secondary N) is 1. The third-order valence-corrected chi connectivity index (χ3v) is 1.20. The Hall–Kier alpha value is -1.85. The van der Waals surface area contributed by atoms with E-state index in [1.807, 2.05) is 0 Å². The summed E-state index contributed by atoms with van der Waals surface area (Å²) in [6.45, 7) is 0. The van der Waals surface area contributed by atoms with Crippen molar-refractivity contribution in [3.05, 3.63) is 12.4 Å². The lowest BCUT2D eigenvalue weighted by Gasteiger charge is -2.02. The van der Waals surface area contributed by atoms with Crippen molar-refractivity contribution in [2.45, 2.75) is 0 Å². The predicted molar refractivity (Wildman–Crippen MR) is 43.7 cm³/mol. The van der Waals surface area contributed by atoms with Gasteiger partial charge in [0, 0.05) is 7.05 Å². The molecule has 0 aliphatic carbocycles. The first-order chi connectivity index (χ1) is 6.26. The first kappa shape index (κ1) is 9.24. The summed E-state index contributed by atoms with van der Waals surface area (Å²) < 4.78 is 9.49. The van der Waals surface area contributed by atoms with Gasteiger partial charge in [-0.2, -0.15) is 4.98 Å². The van der Waals surface area contributed by atoms with Crippen molar-refractivity contribution in [1.82, 2.24) is 15.3 Å². The van der Waals surface area contributed by atoms with Gasteiger partial charge in [-0.05, 0) is 0 Å². The fourth-order valence-corrected chi connectivity index (χ4v) is 0.625. The Morgan fingerprint density at radius 2 is 2.15 bits per heavy atom. The number of hydrogen-bond acceptors (Lipinski definition) is 5. The molecular weight excluding hydrogens is 174 g/mol. The maximum absolute atomic E-state index is 10.7. The molecule has 0 bridgehead atoms. The molecule has 0 aliphatic rings. The number of nitrogens with zero attached hydrogens (tertiary/aromatic N) is 2. The van der Waals surface area contributed by atoms with Crippen LogP contribution in [0.25, 0.3) is 0 Å². The van der Waals surface area contributed by atoms with Crippen molar-refractivity contribution in [2.75, 3.05) is 14.2 Å². The second-order valence-corrected chi connectivity index (χ2v) is 2.04. The quantitative estimate of drug-likeness (QED) is 0.709. The van der Waals surface area contributed by atoms with E-state index in [4.69, 9.17) is 9.47 Å². The summed E-state index contributed by atoms with van der Waals surface area (Å²) in [7, 11) is 2.91. The molecule has 1 rings (SSSR count). The highest BCUT2D eigenvalue weighted by molar-refractivity contribution is 5.69. The van der Waals surface area contributed by atoms with Crippen LogP contribution in [0, 0.1) is 0 Å². The van der Waals surface area contributed by atoms with E-state index in [-0.39, 0.29) is 5.88 Å². The molecule has 0 saturated carbocycles. The van der Waals surface area contributed by atoms with Gasteiger partial charge in [-0.15, -0.1) is 0 Å². The van der Waals surface area contributed by atoms with Crippen LogP contribution in [-0.4, -0.2) is 30.2 Å². The predicted octanol–water partition coefficient (Wildman–Crippen LogP) is 0.203. The van der Waals surface area contributed by atoms with Crippen LogP contribution in [0.15, 0.2) is 12.4 Å². The molecular formula is C7H9N3O3.